The van der Waals surface area contributed by atoms with E-state index in [4.69, 9.17) is 20.9 Å². The van der Waals surface area contributed by atoms with Gasteiger partial charge in [-0.3, -0.25) is 10.2 Å². The number of halogens is 1. The first-order valence-corrected chi connectivity index (χ1v) is 11.0. The van der Waals surface area contributed by atoms with Gasteiger partial charge in [-0.2, -0.15) is 0 Å². The third-order valence-corrected chi connectivity index (χ3v) is 5.72. The highest BCUT2D eigenvalue weighted by molar-refractivity contribution is 6.30. The van der Waals surface area contributed by atoms with Gasteiger partial charge in [-0.1, -0.05) is 28.9 Å². The van der Waals surface area contributed by atoms with Crippen LogP contribution < -0.4 is 10.1 Å². The normalized spacial score (nSPS) is 14.4. The number of ether oxygens (including phenoxy) is 1. The molecule has 8 nitrogen and oxygen atoms in total. The molecule has 2 aromatic carbocycles. The molecule has 1 aliphatic rings. The first-order chi connectivity index (χ1) is 16.1. The molecule has 1 fully saturated rings. The van der Waals surface area contributed by atoms with Crippen LogP contribution in [-0.4, -0.2) is 52.2 Å². The summed E-state index contributed by atoms with van der Waals surface area (Å²) in [6, 6.07) is 18.7. The molecule has 2 amide bonds. The van der Waals surface area contributed by atoms with Gasteiger partial charge in [-0.15, -0.1) is 0 Å². The first kappa shape index (κ1) is 21.2. The van der Waals surface area contributed by atoms with Crippen LogP contribution in [-0.2, 0) is 6.54 Å². The van der Waals surface area contributed by atoms with Crippen LogP contribution >= 0.6 is 11.6 Å². The van der Waals surface area contributed by atoms with E-state index in [1.165, 1.54) is 0 Å². The van der Waals surface area contributed by atoms with Crippen molar-refractivity contribution in [3.05, 3.63) is 77.4 Å². The molecule has 0 unspecified atom stereocenters. The number of hydrogen-bond acceptors (Lipinski definition) is 6. The van der Waals surface area contributed by atoms with Crippen molar-refractivity contribution in [2.75, 3.05) is 31.5 Å². The lowest BCUT2D eigenvalue weighted by molar-refractivity contribution is 0.143. The monoisotopic (exact) mass is 463 g/mol. The number of benzene rings is 2. The Kier molecular flexibility index (Phi) is 6.10. The molecule has 0 spiro atoms. The Bertz CT molecular complexity index is 1250. The van der Waals surface area contributed by atoms with Crippen molar-refractivity contribution in [2.45, 2.75) is 6.54 Å². The van der Waals surface area contributed by atoms with Gasteiger partial charge in [-0.25, -0.2) is 9.78 Å². The standard InChI is InChI=1S/C24H22ClN5O3/c25-18-6-8-19(9-7-18)32-20-4-1-3-17(15-20)16-29-11-13-30(14-12-29)24(31)27-23-22-21(33-28-23)5-2-10-26-22/h1-10,15H,11-14,16H2,(H,27,28,31). The summed E-state index contributed by atoms with van der Waals surface area (Å²) in [6.07, 6.45) is 1.64. The highest BCUT2D eigenvalue weighted by atomic mass is 35.5. The second-order valence-corrected chi connectivity index (χ2v) is 8.21. The van der Waals surface area contributed by atoms with Crippen molar-refractivity contribution in [1.29, 1.82) is 0 Å². The maximum atomic E-state index is 12.7. The number of carbonyl (C=O) groups excluding carboxylic acids is 1. The molecule has 3 heterocycles. The van der Waals surface area contributed by atoms with Crippen LogP contribution in [0, 0.1) is 0 Å². The van der Waals surface area contributed by atoms with Gasteiger partial charge in [0.05, 0.1) is 0 Å². The average Bonchev–Trinajstić information content (AvgIpc) is 3.24. The number of nitrogens with one attached hydrogen (secondary N) is 1. The van der Waals surface area contributed by atoms with Crippen LogP contribution in [0.15, 0.2) is 71.4 Å². The van der Waals surface area contributed by atoms with E-state index in [9.17, 15) is 4.79 Å². The molecule has 1 aliphatic heterocycles. The SMILES string of the molecule is O=C(Nc1noc2cccnc12)N1CCN(Cc2cccc(Oc3ccc(Cl)cc3)c2)CC1. The van der Waals surface area contributed by atoms with Crippen molar-refractivity contribution in [2.24, 2.45) is 0 Å². The Hall–Kier alpha value is -3.62. The molecule has 4 aromatic rings. The average molecular weight is 464 g/mol. The molecule has 0 saturated carbocycles. The Labute approximate surface area is 195 Å². The minimum absolute atomic E-state index is 0.200. The molecule has 5 rings (SSSR count). The molecule has 168 valence electrons. The second-order valence-electron chi connectivity index (χ2n) is 7.78. The number of urea groups is 1. The smallest absolute Gasteiger partial charge is 0.323 e. The molecule has 2 aromatic heterocycles. The van der Waals surface area contributed by atoms with E-state index in [2.05, 4.69) is 26.4 Å². The third-order valence-electron chi connectivity index (χ3n) is 5.47. The summed E-state index contributed by atoms with van der Waals surface area (Å²) in [4.78, 5) is 21.0. The van der Waals surface area contributed by atoms with Gasteiger partial charge in [0.2, 0.25) is 5.82 Å². The Morgan fingerprint density at radius 1 is 1.03 bits per heavy atom. The number of nitrogens with zero attached hydrogens (tertiary/aromatic N) is 4. The van der Waals surface area contributed by atoms with E-state index in [0.29, 0.717) is 35.0 Å². The van der Waals surface area contributed by atoms with E-state index >= 15 is 0 Å². The molecule has 0 radical (unpaired) electrons. The van der Waals surface area contributed by atoms with Crippen molar-refractivity contribution < 1.29 is 14.1 Å². The summed E-state index contributed by atoms with van der Waals surface area (Å²) in [6.45, 7) is 3.57. The van der Waals surface area contributed by atoms with Gasteiger partial charge in [0, 0.05) is 43.9 Å². The van der Waals surface area contributed by atoms with Crippen molar-refractivity contribution in [3.63, 3.8) is 0 Å². The number of aromatic nitrogens is 2. The number of anilines is 1. The van der Waals surface area contributed by atoms with E-state index < -0.39 is 0 Å². The lowest BCUT2D eigenvalue weighted by atomic mass is 10.2. The minimum Gasteiger partial charge on any atom is -0.457 e. The fourth-order valence-corrected chi connectivity index (χ4v) is 3.88. The van der Waals surface area contributed by atoms with Gasteiger partial charge in [-0.05, 0) is 54.1 Å². The van der Waals surface area contributed by atoms with Crippen LogP contribution in [0.25, 0.3) is 11.1 Å². The molecule has 33 heavy (non-hydrogen) atoms. The molecule has 1 saturated heterocycles. The number of amides is 2. The first-order valence-electron chi connectivity index (χ1n) is 10.6. The fourth-order valence-electron chi connectivity index (χ4n) is 3.76. The number of piperazine rings is 1. The quantitative estimate of drug-likeness (QED) is 0.447. The van der Waals surface area contributed by atoms with E-state index in [1.807, 2.05) is 30.3 Å². The predicted molar refractivity (Wildman–Crippen MR) is 126 cm³/mol. The van der Waals surface area contributed by atoms with Gasteiger partial charge >= 0.3 is 6.03 Å². The van der Waals surface area contributed by atoms with Crippen molar-refractivity contribution in [1.82, 2.24) is 19.9 Å². The van der Waals surface area contributed by atoms with Crippen LogP contribution in [0.3, 0.4) is 0 Å². The van der Waals surface area contributed by atoms with Crippen LogP contribution in [0.4, 0.5) is 10.6 Å². The summed E-state index contributed by atoms with van der Waals surface area (Å²) >= 11 is 5.94. The Balaban J connectivity index is 1.14. The van der Waals surface area contributed by atoms with Crippen LogP contribution in [0.2, 0.25) is 5.02 Å². The summed E-state index contributed by atoms with van der Waals surface area (Å²) in [5.74, 6) is 1.86. The lowest BCUT2D eigenvalue weighted by Gasteiger charge is -2.34. The highest BCUT2D eigenvalue weighted by Crippen LogP contribution is 2.25. The van der Waals surface area contributed by atoms with Crippen molar-refractivity contribution >= 4 is 34.5 Å². The second kappa shape index (κ2) is 9.48. The summed E-state index contributed by atoms with van der Waals surface area (Å²) in [5.41, 5.74) is 2.24. The molecule has 0 aliphatic carbocycles. The van der Waals surface area contributed by atoms with Gasteiger partial charge in [0.1, 0.15) is 11.5 Å². The number of hydrogen-bond donors (Lipinski definition) is 1. The van der Waals surface area contributed by atoms with E-state index in [-0.39, 0.29) is 6.03 Å². The fraction of sp³-hybridized carbons (Fsp3) is 0.208. The van der Waals surface area contributed by atoms with Crippen LogP contribution in [0.1, 0.15) is 5.56 Å². The topological polar surface area (TPSA) is 83.7 Å². The summed E-state index contributed by atoms with van der Waals surface area (Å²) in [7, 11) is 0. The number of carbonyl (C=O) groups is 1. The zero-order valence-corrected chi connectivity index (χ0v) is 18.5. The highest BCUT2D eigenvalue weighted by Gasteiger charge is 2.23. The maximum Gasteiger partial charge on any atom is 0.323 e. The maximum absolute atomic E-state index is 12.7. The lowest BCUT2D eigenvalue weighted by Crippen LogP contribution is -2.49. The number of rotatable bonds is 5. The molecule has 0 bridgehead atoms. The van der Waals surface area contributed by atoms with Crippen LogP contribution in [0.5, 0.6) is 11.5 Å². The summed E-state index contributed by atoms with van der Waals surface area (Å²) in [5, 5.41) is 7.40. The molecule has 0 atom stereocenters. The summed E-state index contributed by atoms with van der Waals surface area (Å²) < 4.78 is 11.1. The van der Waals surface area contributed by atoms with Crippen molar-refractivity contribution in [3.8, 4) is 11.5 Å². The molecular weight excluding hydrogens is 442 g/mol. The Morgan fingerprint density at radius 2 is 1.85 bits per heavy atom. The van der Waals surface area contributed by atoms with Gasteiger partial charge < -0.3 is 14.2 Å². The van der Waals surface area contributed by atoms with E-state index in [1.54, 1.807) is 35.4 Å². The zero-order valence-electron chi connectivity index (χ0n) is 17.8. The van der Waals surface area contributed by atoms with E-state index in [0.717, 1.165) is 36.7 Å². The zero-order chi connectivity index (χ0) is 22.6. The number of pyridine rings is 1. The predicted octanol–water partition coefficient (Wildman–Crippen LogP) is 5.02. The minimum atomic E-state index is -0.200. The molecule has 9 heteroatoms. The number of fused-ring (bicyclic) bond motifs is 1. The molecule has 1 N–H and O–H groups in total. The van der Waals surface area contributed by atoms with Gasteiger partial charge in [0.25, 0.3) is 0 Å². The molecular formula is C24H22ClN5O3. The Morgan fingerprint density at radius 3 is 2.67 bits per heavy atom. The van der Waals surface area contributed by atoms with Gasteiger partial charge in [0.15, 0.2) is 11.1 Å². The third kappa shape index (κ3) is 5.08. The largest absolute Gasteiger partial charge is 0.457 e.